The first-order chi connectivity index (χ1) is 14.8. The summed E-state index contributed by atoms with van der Waals surface area (Å²) in [4.78, 5) is 4.90. The molecule has 0 saturated heterocycles. The minimum atomic E-state index is 0.697. The Balaban J connectivity index is 1.53. The first-order valence-electron chi connectivity index (χ1n) is 10.2. The molecule has 30 heavy (non-hydrogen) atoms. The van der Waals surface area contributed by atoms with Crippen LogP contribution in [0.1, 0.15) is 12.8 Å². The molecule has 0 aliphatic carbocycles. The quantitative estimate of drug-likeness (QED) is 0.343. The van der Waals surface area contributed by atoms with Gasteiger partial charge in [-0.15, -0.1) is 0 Å². The maximum atomic E-state index is 5.83. The van der Waals surface area contributed by atoms with Gasteiger partial charge in [0.1, 0.15) is 11.6 Å². The summed E-state index contributed by atoms with van der Waals surface area (Å²) in [5.41, 5.74) is 3.12. The highest BCUT2D eigenvalue weighted by Crippen LogP contribution is 2.33. The number of benzene rings is 3. The maximum absolute atomic E-state index is 5.83. The van der Waals surface area contributed by atoms with Crippen molar-refractivity contribution >= 4 is 11.0 Å². The molecule has 0 aliphatic rings. The minimum Gasteiger partial charge on any atom is -0.494 e. The van der Waals surface area contributed by atoms with Crippen molar-refractivity contribution in [3.05, 3.63) is 72.8 Å². The highest BCUT2D eigenvalue weighted by atomic mass is 16.5. The Morgan fingerprint density at radius 3 is 2.37 bits per heavy atom. The molecule has 4 aromatic rings. The minimum absolute atomic E-state index is 0.697. The predicted molar refractivity (Wildman–Crippen MR) is 119 cm³/mol. The number of imidazole rings is 1. The third-order valence-electron chi connectivity index (χ3n) is 5.08. The van der Waals surface area contributed by atoms with Crippen molar-refractivity contribution in [1.82, 2.24) is 9.55 Å². The van der Waals surface area contributed by atoms with E-state index in [0.29, 0.717) is 18.1 Å². The number of rotatable bonds is 9. The Morgan fingerprint density at radius 2 is 1.57 bits per heavy atom. The van der Waals surface area contributed by atoms with E-state index < -0.39 is 0 Å². The summed E-state index contributed by atoms with van der Waals surface area (Å²) < 4.78 is 19.0. The van der Waals surface area contributed by atoms with Crippen LogP contribution in [0, 0.1) is 0 Å². The number of aromatic nitrogens is 2. The van der Waals surface area contributed by atoms with Gasteiger partial charge in [0.15, 0.2) is 11.5 Å². The van der Waals surface area contributed by atoms with Crippen molar-refractivity contribution in [3.8, 4) is 28.6 Å². The number of nitrogens with zero attached hydrogens (tertiary/aromatic N) is 2. The van der Waals surface area contributed by atoms with Crippen LogP contribution in [0.4, 0.5) is 0 Å². The second-order valence-corrected chi connectivity index (χ2v) is 7.01. The zero-order valence-electron chi connectivity index (χ0n) is 17.4. The first-order valence-corrected chi connectivity index (χ1v) is 10.2. The molecule has 5 heteroatoms. The molecular weight excluding hydrogens is 376 g/mol. The highest BCUT2D eigenvalue weighted by Gasteiger charge is 2.14. The molecule has 3 aromatic carbocycles. The zero-order valence-corrected chi connectivity index (χ0v) is 17.4. The molecule has 0 N–H and O–H groups in total. The molecule has 0 amide bonds. The number of para-hydroxylation sites is 3. The van der Waals surface area contributed by atoms with Crippen LogP contribution in [0.25, 0.3) is 22.4 Å². The standard InChI is InChI=1S/C25H26N2O3/c1-28-23-15-14-19(18-24(23)29-2)25-26-21-12-6-7-13-22(21)27(25)16-8-9-17-30-20-10-4-3-5-11-20/h3-7,10-15,18H,8-9,16-17H2,1-2H3. The van der Waals surface area contributed by atoms with Gasteiger partial charge in [-0.1, -0.05) is 30.3 Å². The smallest absolute Gasteiger partial charge is 0.161 e. The van der Waals surface area contributed by atoms with Crippen LogP contribution in [0.2, 0.25) is 0 Å². The van der Waals surface area contributed by atoms with Gasteiger partial charge in [0.25, 0.3) is 0 Å². The summed E-state index contributed by atoms with van der Waals surface area (Å²) in [7, 11) is 3.29. The van der Waals surface area contributed by atoms with Gasteiger partial charge in [0.2, 0.25) is 0 Å². The van der Waals surface area contributed by atoms with Gasteiger partial charge in [0, 0.05) is 12.1 Å². The van der Waals surface area contributed by atoms with Crippen LogP contribution in [-0.4, -0.2) is 30.4 Å². The summed E-state index contributed by atoms with van der Waals surface area (Å²) in [6.07, 6.45) is 1.96. The van der Waals surface area contributed by atoms with Crippen LogP contribution in [0.5, 0.6) is 17.2 Å². The van der Waals surface area contributed by atoms with Crippen molar-refractivity contribution in [3.63, 3.8) is 0 Å². The molecule has 0 spiro atoms. The zero-order chi connectivity index (χ0) is 20.8. The van der Waals surface area contributed by atoms with Crippen molar-refractivity contribution in [2.45, 2.75) is 19.4 Å². The summed E-state index contributed by atoms with van der Waals surface area (Å²) >= 11 is 0. The highest BCUT2D eigenvalue weighted by molar-refractivity contribution is 5.81. The van der Waals surface area contributed by atoms with E-state index in [1.54, 1.807) is 14.2 Å². The van der Waals surface area contributed by atoms with E-state index in [9.17, 15) is 0 Å². The van der Waals surface area contributed by atoms with Crippen LogP contribution >= 0.6 is 0 Å². The molecule has 0 aliphatic heterocycles. The fourth-order valence-electron chi connectivity index (χ4n) is 3.58. The number of aryl methyl sites for hydroxylation is 1. The number of hydrogen-bond acceptors (Lipinski definition) is 4. The van der Waals surface area contributed by atoms with Crippen molar-refractivity contribution in [2.24, 2.45) is 0 Å². The van der Waals surface area contributed by atoms with Gasteiger partial charge in [-0.25, -0.2) is 4.98 Å². The van der Waals surface area contributed by atoms with E-state index in [0.717, 1.165) is 47.6 Å². The number of hydrogen-bond donors (Lipinski definition) is 0. The second kappa shape index (κ2) is 9.35. The van der Waals surface area contributed by atoms with Gasteiger partial charge in [0.05, 0.1) is 31.9 Å². The van der Waals surface area contributed by atoms with Gasteiger partial charge in [-0.2, -0.15) is 0 Å². The Labute approximate surface area is 176 Å². The van der Waals surface area contributed by atoms with E-state index in [1.807, 2.05) is 54.6 Å². The Hall–Kier alpha value is -3.47. The molecule has 0 radical (unpaired) electrons. The average molecular weight is 402 g/mol. The Kier molecular flexibility index (Phi) is 6.18. The third kappa shape index (κ3) is 4.25. The molecule has 0 bridgehead atoms. The van der Waals surface area contributed by atoms with E-state index in [-0.39, 0.29) is 0 Å². The lowest BCUT2D eigenvalue weighted by Crippen LogP contribution is -2.04. The number of methoxy groups -OCH3 is 2. The molecule has 154 valence electrons. The van der Waals surface area contributed by atoms with Crippen molar-refractivity contribution in [2.75, 3.05) is 20.8 Å². The number of ether oxygens (including phenoxy) is 3. The summed E-state index contributed by atoms with van der Waals surface area (Å²) in [5.74, 6) is 3.25. The molecule has 1 heterocycles. The van der Waals surface area contributed by atoms with Gasteiger partial charge in [-0.3, -0.25) is 0 Å². The largest absolute Gasteiger partial charge is 0.494 e. The monoisotopic (exact) mass is 402 g/mol. The molecule has 0 unspecified atom stereocenters. The summed E-state index contributed by atoms with van der Waals surface area (Å²) in [6.45, 7) is 1.56. The van der Waals surface area contributed by atoms with Gasteiger partial charge < -0.3 is 18.8 Å². The molecule has 1 aromatic heterocycles. The number of unbranched alkanes of at least 4 members (excludes halogenated alkanes) is 1. The molecule has 0 fully saturated rings. The average Bonchev–Trinajstić information content (AvgIpc) is 3.17. The molecule has 4 rings (SSSR count). The number of fused-ring (bicyclic) bond motifs is 1. The first kappa shape index (κ1) is 19.8. The van der Waals surface area contributed by atoms with E-state index in [1.165, 1.54) is 0 Å². The van der Waals surface area contributed by atoms with E-state index in [4.69, 9.17) is 19.2 Å². The summed E-state index contributed by atoms with van der Waals surface area (Å²) in [6, 6.07) is 24.1. The Bertz CT molecular complexity index is 1110. The molecule has 0 saturated carbocycles. The molecule has 5 nitrogen and oxygen atoms in total. The topological polar surface area (TPSA) is 45.5 Å². The lowest BCUT2D eigenvalue weighted by molar-refractivity contribution is 0.303. The lowest BCUT2D eigenvalue weighted by atomic mass is 10.2. The fourth-order valence-corrected chi connectivity index (χ4v) is 3.58. The van der Waals surface area contributed by atoms with Gasteiger partial charge >= 0.3 is 0 Å². The van der Waals surface area contributed by atoms with Crippen molar-refractivity contribution < 1.29 is 14.2 Å². The van der Waals surface area contributed by atoms with Crippen LogP contribution in [-0.2, 0) is 6.54 Å². The van der Waals surface area contributed by atoms with Gasteiger partial charge in [-0.05, 0) is 55.3 Å². The van der Waals surface area contributed by atoms with E-state index in [2.05, 4.69) is 22.8 Å². The normalized spacial score (nSPS) is 10.9. The SMILES string of the molecule is COc1ccc(-c2nc3ccccc3n2CCCCOc2ccccc2)cc1OC. The van der Waals surface area contributed by atoms with Crippen LogP contribution < -0.4 is 14.2 Å². The predicted octanol–water partition coefficient (Wildman–Crippen LogP) is 5.58. The molecule has 0 atom stereocenters. The third-order valence-corrected chi connectivity index (χ3v) is 5.08. The fraction of sp³-hybridized carbons (Fsp3) is 0.240. The van der Waals surface area contributed by atoms with Crippen LogP contribution in [0.3, 0.4) is 0 Å². The van der Waals surface area contributed by atoms with Crippen molar-refractivity contribution in [1.29, 1.82) is 0 Å². The molecular formula is C25H26N2O3. The Morgan fingerprint density at radius 1 is 0.800 bits per heavy atom. The van der Waals surface area contributed by atoms with Crippen LogP contribution in [0.15, 0.2) is 72.8 Å². The van der Waals surface area contributed by atoms with E-state index >= 15 is 0 Å². The maximum Gasteiger partial charge on any atom is 0.161 e. The second-order valence-electron chi connectivity index (χ2n) is 7.01. The lowest BCUT2D eigenvalue weighted by Gasteiger charge is -2.12. The summed E-state index contributed by atoms with van der Waals surface area (Å²) in [5, 5.41) is 0.